The van der Waals surface area contributed by atoms with Crippen LogP contribution in [0.25, 0.3) is 0 Å². The summed E-state index contributed by atoms with van der Waals surface area (Å²) in [6.45, 7) is 3.66. The van der Waals surface area contributed by atoms with Gasteiger partial charge in [0.1, 0.15) is 12.4 Å². The van der Waals surface area contributed by atoms with Gasteiger partial charge in [0, 0.05) is 14.8 Å². The van der Waals surface area contributed by atoms with Crippen molar-refractivity contribution in [3.63, 3.8) is 0 Å². The van der Waals surface area contributed by atoms with Crippen LogP contribution in [-0.4, -0.2) is 36.4 Å². The van der Waals surface area contributed by atoms with Crippen LogP contribution in [0.1, 0.15) is 36.6 Å². The molecule has 0 radical (unpaired) electrons. The normalized spacial score (nSPS) is 14.6. The minimum Gasteiger partial charge on any atom is -0.486 e. The van der Waals surface area contributed by atoms with Crippen LogP contribution in [0.2, 0.25) is 10.0 Å². The molecule has 224 valence electrons. The predicted molar refractivity (Wildman–Crippen MR) is 179 cm³/mol. The molecule has 0 aliphatic carbocycles. The average Bonchev–Trinajstić information content (AvgIpc) is 2.96. The molecule has 0 aromatic heterocycles. The van der Waals surface area contributed by atoms with Crippen LogP contribution in [-0.2, 0) is 20.9 Å². The maximum atomic E-state index is 12.7. The van der Waals surface area contributed by atoms with Gasteiger partial charge in [-0.25, -0.2) is 10.2 Å². The number of benzene rings is 3. The van der Waals surface area contributed by atoms with E-state index in [1.54, 1.807) is 50.2 Å². The summed E-state index contributed by atoms with van der Waals surface area (Å²) < 4.78 is 18.0. The molecular weight excluding hydrogens is 726 g/mol. The maximum absolute atomic E-state index is 12.7. The molecule has 3 aromatic carbocycles. The summed E-state index contributed by atoms with van der Waals surface area (Å²) in [5, 5.41) is 11.0. The van der Waals surface area contributed by atoms with Gasteiger partial charge in [-0.3, -0.25) is 4.79 Å². The third-order valence-electron chi connectivity index (χ3n) is 6.07. The lowest BCUT2D eigenvalue weighted by atomic mass is 9.95. The molecule has 0 bridgehead atoms. The lowest BCUT2D eigenvalue weighted by Gasteiger charge is -2.30. The fourth-order valence-corrected chi connectivity index (χ4v) is 5.38. The summed E-state index contributed by atoms with van der Waals surface area (Å²) in [7, 11) is 0. The second-order valence-electron chi connectivity index (χ2n) is 9.14. The molecule has 0 spiro atoms. The summed E-state index contributed by atoms with van der Waals surface area (Å²) in [6.07, 6.45) is 1.41. The van der Waals surface area contributed by atoms with Crippen LogP contribution in [0.15, 0.2) is 77.0 Å². The van der Waals surface area contributed by atoms with E-state index < -0.39 is 17.9 Å². The number of nitrogens with zero attached hydrogens (tertiary/aromatic N) is 1. The molecule has 0 unspecified atom stereocenters. The van der Waals surface area contributed by atoms with Gasteiger partial charge in [0.15, 0.2) is 17.5 Å². The number of rotatable bonds is 11. The number of carbonyl (C=O) groups excluding carboxylic acids is 2. The molecule has 0 fully saturated rings. The first-order valence-corrected chi connectivity index (χ1v) is 15.3. The largest absolute Gasteiger partial charge is 0.486 e. The summed E-state index contributed by atoms with van der Waals surface area (Å²) in [6, 6.07) is 17.6. The van der Waals surface area contributed by atoms with Gasteiger partial charge in [-0.2, -0.15) is 5.10 Å². The molecule has 9 nitrogen and oxygen atoms in total. The average molecular weight is 753 g/mol. The van der Waals surface area contributed by atoms with E-state index in [0.717, 1.165) is 9.13 Å². The second-order valence-corrected chi connectivity index (χ2v) is 11.6. The van der Waals surface area contributed by atoms with Gasteiger partial charge < -0.3 is 24.8 Å². The molecule has 0 saturated carbocycles. The SMILES string of the molecule is CCOC(=O)C1=C(C)NC(=S)N[C@H]1c1ccccc1OCC(=O)NN=Cc1cc(Cl)c(OCc2ccc(I)cc2)c(Cl)c1. The molecule has 1 amide bonds. The topological polar surface area (TPSA) is 110 Å². The Morgan fingerprint density at radius 1 is 1.09 bits per heavy atom. The Morgan fingerprint density at radius 2 is 1.79 bits per heavy atom. The van der Waals surface area contributed by atoms with Crippen LogP contribution >= 0.6 is 58.0 Å². The van der Waals surface area contributed by atoms with Crippen molar-refractivity contribution in [2.45, 2.75) is 26.5 Å². The van der Waals surface area contributed by atoms with Crippen molar-refractivity contribution in [2.75, 3.05) is 13.2 Å². The number of carbonyl (C=O) groups is 2. The molecule has 3 N–H and O–H groups in total. The van der Waals surface area contributed by atoms with E-state index in [1.807, 2.05) is 24.3 Å². The minimum atomic E-state index is -0.636. The molecule has 0 saturated heterocycles. The van der Waals surface area contributed by atoms with Crippen LogP contribution in [0.5, 0.6) is 11.5 Å². The van der Waals surface area contributed by atoms with Gasteiger partial charge in [-0.1, -0.05) is 53.5 Å². The number of esters is 1. The zero-order chi connectivity index (χ0) is 30.9. The molecule has 1 aliphatic heterocycles. The van der Waals surface area contributed by atoms with E-state index in [4.69, 9.17) is 49.6 Å². The molecule has 1 heterocycles. The van der Waals surface area contributed by atoms with Gasteiger partial charge in [0.2, 0.25) is 0 Å². The van der Waals surface area contributed by atoms with E-state index in [2.05, 4.69) is 43.8 Å². The third kappa shape index (κ3) is 8.82. The quantitative estimate of drug-likeness (QED) is 0.0714. The Bertz CT molecular complexity index is 1560. The number of para-hydroxylation sites is 1. The minimum absolute atomic E-state index is 0.218. The van der Waals surface area contributed by atoms with Crippen LogP contribution in [0.3, 0.4) is 0 Å². The first kappa shape index (κ1) is 32.5. The number of ether oxygens (including phenoxy) is 3. The van der Waals surface area contributed by atoms with Crippen LogP contribution in [0, 0.1) is 3.57 Å². The summed E-state index contributed by atoms with van der Waals surface area (Å²) in [4.78, 5) is 25.3. The highest BCUT2D eigenvalue weighted by Gasteiger charge is 2.32. The Kier molecular flexibility index (Phi) is 11.6. The highest BCUT2D eigenvalue weighted by atomic mass is 127. The molecule has 1 aliphatic rings. The molecule has 43 heavy (non-hydrogen) atoms. The Morgan fingerprint density at radius 3 is 2.49 bits per heavy atom. The third-order valence-corrected chi connectivity index (χ3v) is 7.57. The van der Waals surface area contributed by atoms with E-state index in [1.165, 1.54) is 6.21 Å². The zero-order valence-corrected chi connectivity index (χ0v) is 27.6. The monoisotopic (exact) mass is 752 g/mol. The number of hydrogen-bond acceptors (Lipinski definition) is 7. The number of amides is 1. The highest BCUT2D eigenvalue weighted by Crippen LogP contribution is 2.35. The number of thiocarbonyl (C=S) groups is 1. The number of halogens is 3. The van der Waals surface area contributed by atoms with Crippen LogP contribution < -0.4 is 25.5 Å². The van der Waals surface area contributed by atoms with E-state index in [-0.39, 0.29) is 13.2 Å². The van der Waals surface area contributed by atoms with Gasteiger partial charge in [-0.15, -0.1) is 0 Å². The molecular formula is C30H27Cl2IN4O5S. The van der Waals surface area contributed by atoms with E-state index in [9.17, 15) is 9.59 Å². The van der Waals surface area contributed by atoms with Crippen LogP contribution in [0.4, 0.5) is 0 Å². The molecule has 13 heteroatoms. The van der Waals surface area contributed by atoms with Crippen molar-refractivity contribution in [2.24, 2.45) is 5.10 Å². The van der Waals surface area contributed by atoms with E-state index >= 15 is 0 Å². The van der Waals surface area contributed by atoms with Gasteiger partial charge in [0.25, 0.3) is 5.91 Å². The van der Waals surface area contributed by atoms with E-state index in [0.29, 0.717) is 55.7 Å². The van der Waals surface area contributed by atoms with Gasteiger partial charge >= 0.3 is 5.97 Å². The molecule has 3 aromatic rings. The standard InChI is InChI=1S/C30H27Cl2IN4O5S/c1-3-40-29(39)26-17(2)35-30(43)36-27(26)21-6-4-5-7-24(21)41-16-25(38)37-34-14-19-12-22(31)28(23(32)13-19)42-15-18-8-10-20(33)11-9-18/h4-14,27H,3,15-16H2,1-2H3,(H,37,38)(H2,35,36,43)/t27-/m0/s1. The summed E-state index contributed by atoms with van der Waals surface area (Å²) in [5.41, 5.74) is 5.50. The zero-order valence-electron chi connectivity index (χ0n) is 23.1. The smallest absolute Gasteiger partial charge is 0.338 e. The lowest BCUT2D eigenvalue weighted by Crippen LogP contribution is -2.45. The van der Waals surface area contributed by atoms with Crippen molar-refractivity contribution in [3.8, 4) is 11.5 Å². The number of nitrogens with one attached hydrogen (secondary N) is 3. The summed E-state index contributed by atoms with van der Waals surface area (Å²) in [5.74, 6) is -0.250. The first-order valence-electron chi connectivity index (χ1n) is 13.0. The maximum Gasteiger partial charge on any atom is 0.338 e. The van der Waals surface area contributed by atoms with Crippen molar-refractivity contribution in [3.05, 3.63) is 102 Å². The fraction of sp³-hybridized carbons (Fsp3) is 0.200. The Balaban J connectivity index is 1.37. The summed E-state index contributed by atoms with van der Waals surface area (Å²) >= 11 is 20.3. The molecule has 4 rings (SSSR count). The fourth-order valence-electron chi connectivity index (χ4n) is 4.14. The van der Waals surface area contributed by atoms with Gasteiger partial charge in [0.05, 0.1) is 34.5 Å². The highest BCUT2D eigenvalue weighted by molar-refractivity contribution is 14.1. The Hall–Kier alpha value is -3.39. The van der Waals surface area contributed by atoms with Gasteiger partial charge in [-0.05, 0) is 90.1 Å². The van der Waals surface area contributed by atoms with Crippen molar-refractivity contribution >= 4 is 81.2 Å². The lowest BCUT2D eigenvalue weighted by molar-refractivity contribution is -0.139. The number of allylic oxidation sites excluding steroid dienone is 1. The number of hydrazone groups is 1. The van der Waals surface area contributed by atoms with Crippen molar-refractivity contribution < 1.29 is 23.8 Å². The predicted octanol–water partition coefficient (Wildman–Crippen LogP) is 6.06. The van der Waals surface area contributed by atoms with Crippen molar-refractivity contribution in [1.29, 1.82) is 0 Å². The molecule has 1 atom stereocenters. The number of hydrogen-bond donors (Lipinski definition) is 3. The first-order chi connectivity index (χ1) is 20.7. The van der Waals surface area contributed by atoms with Crippen molar-refractivity contribution in [1.82, 2.24) is 16.1 Å². The second kappa shape index (κ2) is 15.4. The Labute approximate surface area is 278 Å².